The van der Waals surface area contributed by atoms with Crippen molar-refractivity contribution in [2.24, 2.45) is 0 Å². The Morgan fingerprint density at radius 3 is 2.95 bits per heavy atom. The molecule has 1 amide bonds. The average Bonchev–Trinajstić information content (AvgIpc) is 2.92. The van der Waals surface area contributed by atoms with Gasteiger partial charge in [-0.15, -0.1) is 0 Å². The van der Waals surface area contributed by atoms with E-state index in [0.29, 0.717) is 24.1 Å². The van der Waals surface area contributed by atoms with Crippen LogP contribution in [0.15, 0.2) is 41.0 Å². The molecule has 1 aromatic carbocycles. The molecule has 0 atom stereocenters. The summed E-state index contributed by atoms with van der Waals surface area (Å²) in [6, 6.07) is 10.9. The van der Waals surface area contributed by atoms with Crippen molar-refractivity contribution >= 4 is 11.6 Å². The van der Waals surface area contributed by atoms with Gasteiger partial charge >= 0.3 is 0 Å². The van der Waals surface area contributed by atoms with Crippen LogP contribution in [0, 0.1) is 18.3 Å². The SMILES string of the molecule is Cc1ccc(C#N)cc1NC(=O)CCc1ccco1. The van der Waals surface area contributed by atoms with Crippen molar-refractivity contribution in [1.82, 2.24) is 0 Å². The maximum absolute atomic E-state index is 11.8. The average molecular weight is 254 g/mol. The first kappa shape index (κ1) is 12.9. The minimum Gasteiger partial charge on any atom is -0.469 e. The lowest BCUT2D eigenvalue weighted by molar-refractivity contribution is -0.116. The Morgan fingerprint density at radius 1 is 1.42 bits per heavy atom. The van der Waals surface area contributed by atoms with E-state index in [4.69, 9.17) is 9.68 Å². The van der Waals surface area contributed by atoms with Gasteiger partial charge in [0.05, 0.1) is 17.9 Å². The van der Waals surface area contributed by atoms with Crippen LogP contribution in [0.2, 0.25) is 0 Å². The minimum absolute atomic E-state index is 0.0883. The molecule has 2 aromatic rings. The van der Waals surface area contributed by atoms with E-state index in [1.165, 1.54) is 0 Å². The van der Waals surface area contributed by atoms with Crippen LogP contribution in [0.3, 0.4) is 0 Å². The quantitative estimate of drug-likeness (QED) is 0.911. The van der Waals surface area contributed by atoms with Crippen molar-refractivity contribution in [2.45, 2.75) is 19.8 Å². The summed E-state index contributed by atoms with van der Waals surface area (Å²) in [7, 11) is 0. The smallest absolute Gasteiger partial charge is 0.224 e. The molecule has 0 saturated heterocycles. The molecule has 1 N–H and O–H groups in total. The zero-order valence-electron chi connectivity index (χ0n) is 10.6. The van der Waals surface area contributed by atoms with E-state index in [2.05, 4.69) is 11.4 Å². The molecule has 1 heterocycles. The predicted octanol–water partition coefficient (Wildman–Crippen LogP) is 3.03. The van der Waals surface area contributed by atoms with Crippen LogP contribution < -0.4 is 5.32 Å². The Kier molecular flexibility index (Phi) is 3.99. The van der Waals surface area contributed by atoms with Gasteiger partial charge in [0.1, 0.15) is 5.76 Å². The number of rotatable bonds is 4. The van der Waals surface area contributed by atoms with E-state index in [0.717, 1.165) is 11.3 Å². The minimum atomic E-state index is -0.0883. The Balaban J connectivity index is 1.97. The summed E-state index contributed by atoms with van der Waals surface area (Å²) in [6.45, 7) is 1.89. The molecule has 0 bridgehead atoms. The van der Waals surface area contributed by atoms with Crippen molar-refractivity contribution in [2.75, 3.05) is 5.32 Å². The molecule has 96 valence electrons. The van der Waals surface area contributed by atoms with Crippen molar-refractivity contribution < 1.29 is 9.21 Å². The highest BCUT2D eigenvalue weighted by molar-refractivity contribution is 5.91. The first-order chi connectivity index (χ1) is 9.19. The molecule has 0 spiro atoms. The van der Waals surface area contributed by atoms with Crippen LogP contribution in [0.4, 0.5) is 5.69 Å². The van der Waals surface area contributed by atoms with E-state index >= 15 is 0 Å². The maximum atomic E-state index is 11.8. The van der Waals surface area contributed by atoms with E-state index in [9.17, 15) is 4.79 Å². The van der Waals surface area contributed by atoms with Crippen molar-refractivity contribution in [3.05, 3.63) is 53.5 Å². The molecule has 0 unspecified atom stereocenters. The Morgan fingerprint density at radius 2 is 2.26 bits per heavy atom. The summed E-state index contributed by atoms with van der Waals surface area (Å²) in [4.78, 5) is 11.8. The van der Waals surface area contributed by atoms with Gasteiger partial charge < -0.3 is 9.73 Å². The summed E-state index contributed by atoms with van der Waals surface area (Å²) in [5, 5.41) is 11.7. The first-order valence-electron chi connectivity index (χ1n) is 6.02. The van der Waals surface area contributed by atoms with Crippen LogP contribution in [0.5, 0.6) is 0 Å². The lowest BCUT2D eigenvalue weighted by Crippen LogP contribution is -2.13. The number of anilines is 1. The standard InChI is InChI=1S/C15H14N2O2/c1-11-4-5-12(10-16)9-14(11)17-15(18)7-6-13-3-2-8-19-13/h2-5,8-9H,6-7H2,1H3,(H,17,18). The fourth-order valence-corrected chi connectivity index (χ4v) is 1.73. The highest BCUT2D eigenvalue weighted by Gasteiger charge is 2.07. The first-order valence-corrected chi connectivity index (χ1v) is 6.02. The van der Waals surface area contributed by atoms with Crippen LogP contribution in [0.1, 0.15) is 23.3 Å². The lowest BCUT2D eigenvalue weighted by Gasteiger charge is -2.08. The molecular weight excluding hydrogens is 240 g/mol. The largest absolute Gasteiger partial charge is 0.469 e. The van der Waals surface area contributed by atoms with Gasteiger partial charge in [-0.1, -0.05) is 6.07 Å². The van der Waals surface area contributed by atoms with Gasteiger partial charge in [0, 0.05) is 18.5 Å². The summed E-state index contributed by atoms with van der Waals surface area (Å²) in [5.74, 6) is 0.701. The van der Waals surface area contributed by atoms with Gasteiger partial charge in [0.25, 0.3) is 0 Å². The van der Waals surface area contributed by atoms with Gasteiger partial charge in [-0.3, -0.25) is 4.79 Å². The number of benzene rings is 1. The Hall–Kier alpha value is -2.54. The van der Waals surface area contributed by atoms with Crippen LogP contribution in [0.25, 0.3) is 0 Å². The molecule has 2 rings (SSSR count). The summed E-state index contributed by atoms with van der Waals surface area (Å²) in [6.07, 6.45) is 2.51. The number of nitrogens with one attached hydrogen (secondary N) is 1. The van der Waals surface area contributed by atoms with Crippen molar-refractivity contribution in [3.63, 3.8) is 0 Å². The monoisotopic (exact) mass is 254 g/mol. The number of furan rings is 1. The van der Waals surface area contributed by atoms with Gasteiger partial charge in [0.2, 0.25) is 5.91 Å². The number of aryl methyl sites for hydroxylation is 2. The third-order valence-corrected chi connectivity index (χ3v) is 2.82. The number of amides is 1. The van der Waals surface area contributed by atoms with Gasteiger partial charge in [-0.25, -0.2) is 0 Å². The molecule has 4 heteroatoms. The van der Waals surface area contributed by atoms with Gasteiger partial charge in [-0.05, 0) is 36.8 Å². The topological polar surface area (TPSA) is 66.0 Å². The molecule has 0 radical (unpaired) electrons. The van der Waals surface area contributed by atoms with Crippen molar-refractivity contribution in [1.29, 1.82) is 5.26 Å². The fourth-order valence-electron chi connectivity index (χ4n) is 1.73. The zero-order valence-corrected chi connectivity index (χ0v) is 10.6. The Bertz CT molecular complexity index is 610. The molecular formula is C15H14N2O2. The molecule has 19 heavy (non-hydrogen) atoms. The number of hydrogen-bond donors (Lipinski definition) is 1. The molecule has 0 aliphatic heterocycles. The third-order valence-electron chi connectivity index (χ3n) is 2.82. The van der Waals surface area contributed by atoms with Crippen LogP contribution in [-0.2, 0) is 11.2 Å². The second kappa shape index (κ2) is 5.87. The van der Waals surface area contributed by atoms with E-state index in [1.807, 2.05) is 19.1 Å². The van der Waals surface area contributed by atoms with E-state index in [1.54, 1.807) is 24.5 Å². The fraction of sp³-hybridized carbons (Fsp3) is 0.200. The normalized spacial score (nSPS) is 9.89. The second-order valence-corrected chi connectivity index (χ2v) is 4.27. The molecule has 0 aliphatic rings. The van der Waals surface area contributed by atoms with Crippen molar-refractivity contribution in [3.8, 4) is 6.07 Å². The maximum Gasteiger partial charge on any atom is 0.224 e. The second-order valence-electron chi connectivity index (χ2n) is 4.27. The number of nitrogens with zero attached hydrogens (tertiary/aromatic N) is 1. The summed E-state index contributed by atoms with van der Waals surface area (Å²) in [5.41, 5.74) is 2.15. The van der Waals surface area contributed by atoms with E-state index < -0.39 is 0 Å². The summed E-state index contributed by atoms with van der Waals surface area (Å²) >= 11 is 0. The van der Waals surface area contributed by atoms with Gasteiger partial charge in [-0.2, -0.15) is 5.26 Å². The molecule has 0 saturated carbocycles. The van der Waals surface area contributed by atoms with Crippen LogP contribution in [-0.4, -0.2) is 5.91 Å². The molecule has 4 nitrogen and oxygen atoms in total. The number of carbonyl (C=O) groups is 1. The van der Waals surface area contributed by atoms with E-state index in [-0.39, 0.29) is 5.91 Å². The zero-order chi connectivity index (χ0) is 13.7. The lowest BCUT2D eigenvalue weighted by atomic mass is 10.1. The number of carbonyl (C=O) groups excluding carboxylic acids is 1. The third kappa shape index (κ3) is 3.46. The highest BCUT2D eigenvalue weighted by Crippen LogP contribution is 2.17. The molecule has 0 aliphatic carbocycles. The van der Waals surface area contributed by atoms with Gasteiger partial charge in [0.15, 0.2) is 0 Å². The molecule has 1 aromatic heterocycles. The summed E-state index contributed by atoms with van der Waals surface area (Å²) < 4.78 is 5.17. The predicted molar refractivity (Wildman–Crippen MR) is 71.6 cm³/mol. The Labute approximate surface area is 111 Å². The highest BCUT2D eigenvalue weighted by atomic mass is 16.3. The van der Waals surface area contributed by atoms with Crippen LogP contribution >= 0.6 is 0 Å². The number of hydrogen-bond acceptors (Lipinski definition) is 3. The number of nitriles is 1. The molecule has 0 fully saturated rings.